The van der Waals surface area contributed by atoms with Gasteiger partial charge in [-0.05, 0) is 36.2 Å². The lowest BCUT2D eigenvalue weighted by Gasteiger charge is -2.14. The Bertz CT molecular complexity index is 941. The third-order valence-electron chi connectivity index (χ3n) is 4.89. The van der Waals surface area contributed by atoms with Gasteiger partial charge in [-0.15, -0.1) is 10.2 Å². The van der Waals surface area contributed by atoms with Crippen LogP contribution in [0.4, 0.5) is 0 Å². The number of benzene rings is 2. The number of nitrogens with zero attached hydrogens (tertiary/aromatic N) is 4. The van der Waals surface area contributed by atoms with Gasteiger partial charge in [-0.2, -0.15) is 0 Å². The van der Waals surface area contributed by atoms with Gasteiger partial charge >= 0.3 is 0 Å². The Labute approximate surface area is 189 Å². The Morgan fingerprint density at radius 3 is 2.53 bits per heavy atom. The fourth-order valence-corrected chi connectivity index (χ4v) is 3.15. The van der Waals surface area contributed by atoms with Crippen LogP contribution in [-0.4, -0.2) is 54.1 Å². The molecule has 1 heterocycles. The Hall–Kier alpha value is -3.55. The van der Waals surface area contributed by atoms with E-state index in [1.54, 1.807) is 13.4 Å². The molecule has 8 heteroatoms. The van der Waals surface area contributed by atoms with Crippen molar-refractivity contribution in [3.63, 3.8) is 0 Å². The maximum atomic E-state index is 5.77. The highest BCUT2D eigenvalue weighted by Gasteiger charge is 2.03. The van der Waals surface area contributed by atoms with E-state index in [4.69, 9.17) is 14.5 Å². The van der Waals surface area contributed by atoms with Crippen LogP contribution in [0.1, 0.15) is 18.3 Å². The van der Waals surface area contributed by atoms with E-state index in [0.717, 1.165) is 49.2 Å². The molecule has 0 radical (unpaired) electrons. The topological polar surface area (TPSA) is 85.6 Å². The molecule has 0 atom stereocenters. The van der Waals surface area contributed by atoms with Gasteiger partial charge in [0.25, 0.3) is 0 Å². The minimum absolute atomic E-state index is 0.550. The average molecular weight is 437 g/mol. The molecule has 8 nitrogen and oxygen atoms in total. The lowest BCUT2D eigenvalue weighted by molar-refractivity contribution is 0.322. The zero-order valence-electron chi connectivity index (χ0n) is 18.8. The van der Waals surface area contributed by atoms with E-state index in [9.17, 15) is 0 Å². The number of nitrogens with one attached hydrogen (secondary N) is 2. The van der Waals surface area contributed by atoms with Crippen molar-refractivity contribution in [1.29, 1.82) is 0 Å². The first kappa shape index (κ1) is 23.1. The molecule has 0 saturated carbocycles. The van der Waals surface area contributed by atoms with E-state index in [-0.39, 0.29) is 0 Å². The lowest BCUT2D eigenvalue weighted by atomic mass is 10.1. The Morgan fingerprint density at radius 2 is 1.78 bits per heavy atom. The standard InChI is InChI=1S/C24H32N6O2/c1-3-23-29-28-19-30(23)17-15-26-24(27-16-18-32-22-7-5-4-6-8-22)25-14-13-20-9-11-21(31-2)12-10-20/h4-12,19H,3,13-18H2,1-2H3,(H2,25,26,27). The molecule has 0 fully saturated rings. The zero-order valence-corrected chi connectivity index (χ0v) is 18.8. The van der Waals surface area contributed by atoms with Gasteiger partial charge in [0, 0.05) is 26.1 Å². The maximum absolute atomic E-state index is 5.77. The molecule has 0 unspecified atom stereocenters. The van der Waals surface area contributed by atoms with Gasteiger partial charge in [0.05, 0.1) is 13.7 Å². The number of guanidine groups is 1. The number of para-hydroxylation sites is 1. The fourth-order valence-electron chi connectivity index (χ4n) is 3.15. The molecular formula is C24H32N6O2. The summed E-state index contributed by atoms with van der Waals surface area (Å²) in [7, 11) is 1.67. The van der Waals surface area contributed by atoms with E-state index in [1.165, 1.54) is 5.56 Å². The highest BCUT2D eigenvalue weighted by Crippen LogP contribution is 2.11. The molecule has 32 heavy (non-hydrogen) atoms. The summed E-state index contributed by atoms with van der Waals surface area (Å²) in [6, 6.07) is 17.9. The quantitative estimate of drug-likeness (QED) is 0.258. The average Bonchev–Trinajstić information content (AvgIpc) is 3.30. The lowest BCUT2D eigenvalue weighted by Crippen LogP contribution is -2.41. The highest BCUT2D eigenvalue weighted by atomic mass is 16.5. The van der Waals surface area contributed by atoms with Crippen LogP contribution in [0.15, 0.2) is 65.9 Å². The summed E-state index contributed by atoms with van der Waals surface area (Å²) < 4.78 is 13.0. The normalized spacial score (nSPS) is 11.2. The molecule has 0 aliphatic carbocycles. The maximum Gasteiger partial charge on any atom is 0.191 e. The largest absolute Gasteiger partial charge is 0.497 e. The third kappa shape index (κ3) is 7.61. The minimum atomic E-state index is 0.550. The second kappa shape index (κ2) is 13.0. The monoisotopic (exact) mass is 436 g/mol. The summed E-state index contributed by atoms with van der Waals surface area (Å²) >= 11 is 0. The summed E-state index contributed by atoms with van der Waals surface area (Å²) in [5, 5.41) is 14.9. The summed E-state index contributed by atoms with van der Waals surface area (Å²) in [6.07, 6.45) is 3.48. The van der Waals surface area contributed by atoms with Crippen LogP contribution in [0.2, 0.25) is 0 Å². The summed E-state index contributed by atoms with van der Waals surface area (Å²) in [5.74, 6) is 3.47. The predicted octanol–water partition coefficient (Wildman–Crippen LogP) is 2.71. The molecule has 0 aliphatic rings. The SMILES string of the molecule is CCc1nncn1CCNC(=NCCc1ccc(OC)cc1)NCCOc1ccccc1. The first-order valence-electron chi connectivity index (χ1n) is 11.0. The van der Waals surface area contributed by atoms with Gasteiger partial charge in [-0.25, -0.2) is 0 Å². The van der Waals surface area contributed by atoms with Crippen LogP contribution in [0, 0.1) is 0 Å². The first-order chi connectivity index (χ1) is 15.8. The molecule has 3 rings (SSSR count). The smallest absolute Gasteiger partial charge is 0.191 e. The van der Waals surface area contributed by atoms with Crippen LogP contribution < -0.4 is 20.1 Å². The fraction of sp³-hybridized carbons (Fsp3) is 0.375. The Kier molecular flexibility index (Phi) is 9.39. The number of rotatable bonds is 12. The molecule has 0 spiro atoms. The summed E-state index contributed by atoms with van der Waals surface area (Å²) in [6.45, 7) is 5.45. The van der Waals surface area contributed by atoms with E-state index >= 15 is 0 Å². The second-order valence-electron chi connectivity index (χ2n) is 7.14. The van der Waals surface area contributed by atoms with Crippen molar-refractivity contribution < 1.29 is 9.47 Å². The van der Waals surface area contributed by atoms with Gasteiger partial charge < -0.3 is 24.7 Å². The minimum Gasteiger partial charge on any atom is -0.497 e. The predicted molar refractivity (Wildman–Crippen MR) is 126 cm³/mol. The van der Waals surface area contributed by atoms with Crippen molar-refractivity contribution in [3.05, 3.63) is 72.3 Å². The van der Waals surface area contributed by atoms with Gasteiger partial charge in [0.15, 0.2) is 5.96 Å². The number of aryl methyl sites for hydroxylation is 1. The molecule has 2 aromatic carbocycles. The number of hydrogen-bond acceptors (Lipinski definition) is 5. The second-order valence-corrected chi connectivity index (χ2v) is 7.14. The Morgan fingerprint density at radius 1 is 1.00 bits per heavy atom. The van der Waals surface area contributed by atoms with Crippen LogP contribution >= 0.6 is 0 Å². The molecular weight excluding hydrogens is 404 g/mol. The summed E-state index contributed by atoms with van der Waals surface area (Å²) in [5.41, 5.74) is 1.22. The number of aromatic nitrogens is 3. The third-order valence-corrected chi connectivity index (χ3v) is 4.89. The summed E-state index contributed by atoms with van der Waals surface area (Å²) in [4.78, 5) is 4.73. The molecule has 3 aromatic rings. The van der Waals surface area contributed by atoms with Crippen molar-refractivity contribution in [3.8, 4) is 11.5 Å². The molecule has 1 aromatic heterocycles. The molecule has 0 amide bonds. The van der Waals surface area contributed by atoms with E-state index in [0.29, 0.717) is 19.7 Å². The van der Waals surface area contributed by atoms with Gasteiger partial charge in [-0.3, -0.25) is 4.99 Å². The van der Waals surface area contributed by atoms with Crippen LogP contribution in [0.3, 0.4) is 0 Å². The highest BCUT2D eigenvalue weighted by molar-refractivity contribution is 5.79. The molecule has 0 aliphatic heterocycles. The van der Waals surface area contributed by atoms with Crippen molar-refractivity contribution in [1.82, 2.24) is 25.4 Å². The number of hydrogen-bond donors (Lipinski definition) is 2. The van der Waals surface area contributed by atoms with Crippen molar-refractivity contribution in [2.24, 2.45) is 4.99 Å². The van der Waals surface area contributed by atoms with Gasteiger partial charge in [0.2, 0.25) is 0 Å². The van der Waals surface area contributed by atoms with Crippen molar-refractivity contribution in [2.45, 2.75) is 26.3 Å². The van der Waals surface area contributed by atoms with E-state index in [2.05, 4.69) is 44.5 Å². The number of aliphatic imine (C=N–C) groups is 1. The van der Waals surface area contributed by atoms with Crippen LogP contribution in [0.25, 0.3) is 0 Å². The van der Waals surface area contributed by atoms with Gasteiger partial charge in [-0.1, -0.05) is 37.3 Å². The zero-order chi connectivity index (χ0) is 22.4. The van der Waals surface area contributed by atoms with Crippen LogP contribution in [-0.2, 0) is 19.4 Å². The molecule has 170 valence electrons. The van der Waals surface area contributed by atoms with Crippen LogP contribution in [0.5, 0.6) is 11.5 Å². The van der Waals surface area contributed by atoms with Gasteiger partial charge in [0.1, 0.15) is 30.3 Å². The molecule has 0 saturated heterocycles. The number of ether oxygens (including phenoxy) is 2. The number of methoxy groups -OCH3 is 1. The van der Waals surface area contributed by atoms with Crippen molar-refractivity contribution in [2.75, 3.05) is 33.4 Å². The van der Waals surface area contributed by atoms with E-state index < -0.39 is 0 Å². The van der Waals surface area contributed by atoms with Crippen molar-refractivity contribution >= 4 is 5.96 Å². The Balaban J connectivity index is 1.50. The first-order valence-corrected chi connectivity index (χ1v) is 11.0. The molecule has 0 bridgehead atoms. The molecule has 2 N–H and O–H groups in total. The van der Waals surface area contributed by atoms with E-state index in [1.807, 2.05) is 42.5 Å².